The van der Waals surface area contributed by atoms with E-state index >= 15 is 0 Å². The number of aliphatic hydroxyl groups excluding tert-OH is 2. The van der Waals surface area contributed by atoms with E-state index < -0.39 is 0 Å². The van der Waals surface area contributed by atoms with Crippen molar-refractivity contribution in [1.29, 1.82) is 0 Å². The van der Waals surface area contributed by atoms with Gasteiger partial charge in [0.2, 0.25) is 0 Å². The van der Waals surface area contributed by atoms with Gasteiger partial charge in [0, 0.05) is 66.0 Å². The monoisotopic (exact) mass is 1080 g/mol. The Kier molecular flexibility index (Phi) is 27.8. The van der Waals surface area contributed by atoms with E-state index in [0.717, 1.165) is 63.7 Å². The first kappa shape index (κ1) is 63.3. The first-order valence-electron chi connectivity index (χ1n) is 26.5. The predicted octanol–water partition coefficient (Wildman–Crippen LogP) is 13.5. The van der Waals surface area contributed by atoms with Gasteiger partial charge >= 0.3 is 0 Å². The Bertz CT molecular complexity index is 3150. The number of aryl methyl sites for hydroxylation is 3. The van der Waals surface area contributed by atoms with E-state index in [4.69, 9.17) is 14.6 Å². The van der Waals surface area contributed by atoms with Crippen LogP contribution in [-0.2, 0) is 12.8 Å². The van der Waals surface area contributed by atoms with E-state index in [9.17, 15) is 25.5 Å². The molecule has 0 atom stereocenters. The minimum Gasteiger partial charge on any atom is -0.508 e. The summed E-state index contributed by atoms with van der Waals surface area (Å²) in [7, 11) is 3.35. The summed E-state index contributed by atoms with van der Waals surface area (Å²) in [4.78, 5) is 0. The molecular weight excluding hydrogens is 1000 g/mol. The number of ether oxygens (including phenoxy) is 2. The quantitative estimate of drug-likeness (QED) is 0.0170. The minimum absolute atomic E-state index is 0.00804. The van der Waals surface area contributed by atoms with Crippen molar-refractivity contribution in [3.63, 3.8) is 0 Å². The van der Waals surface area contributed by atoms with Crippen molar-refractivity contribution < 1.29 is 40.1 Å². The summed E-state index contributed by atoms with van der Waals surface area (Å²) in [6.07, 6.45) is 6.42. The molecule has 0 unspecified atom stereocenters. The second-order valence-corrected chi connectivity index (χ2v) is 18.0. The lowest BCUT2D eigenvalue weighted by molar-refractivity contribution is 0.332. The number of aromatic nitrogens is 2. The van der Waals surface area contributed by atoms with E-state index in [1.54, 1.807) is 32.4 Å². The number of hydrogen-bond donors (Lipinski definition) is 9. The van der Waals surface area contributed by atoms with E-state index in [1.165, 1.54) is 35.4 Å². The third-order valence-electron chi connectivity index (χ3n) is 11.7. The van der Waals surface area contributed by atoms with Gasteiger partial charge in [-0.15, -0.1) is 0 Å². The molecule has 8 aromatic rings. The van der Waals surface area contributed by atoms with Gasteiger partial charge in [-0.1, -0.05) is 135 Å². The van der Waals surface area contributed by atoms with E-state index in [1.807, 2.05) is 180 Å². The molecule has 0 amide bonds. The molecule has 0 saturated heterocycles. The highest BCUT2D eigenvalue weighted by Crippen LogP contribution is 2.38. The number of hydrazone groups is 2. The molecule has 9 N–H and O–H groups in total. The number of aromatic hydroxyl groups is 4. The maximum Gasteiger partial charge on any atom is 0.128 e. The number of aliphatic hydroxyl groups is 2. The van der Waals surface area contributed by atoms with Crippen LogP contribution in [0.1, 0.15) is 67.1 Å². The number of nitrogens with one attached hydrogen (secondary N) is 3. The molecule has 0 fully saturated rings. The largest absolute Gasteiger partial charge is 0.508 e. The number of benzene rings is 7. The first-order valence-corrected chi connectivity index (χ1v) is 26.5. The maximum atomic E-state index is 10.2. The lowest BCUT2D eigenvalue weighted by atomic mass is 9.99. The van der Waals surface area contributed by atoms with Crippen molar-refractivity contribution in [3.8, 4) is 56.9 Å². The number of hydrogen-bond acceptors (Lipinski definition) is 13. The highest BCUT2D eigenvalue weighted by atomic mass is 16.5. The molecule has 1 heterocycles. The standard InChI is InChI=1S/C18H26N2O2.C16H14N2O2.C16H18N2O2.2C8H10O/c1-3-5-11-16(18(22)12-13-21)17(20-19-4-2)14-15-9-7-6-8-10-15;1-10-15(11-5-3-2-4-6-11)16(18-17-10)13-8-7-12(19)9-14(13)20;1-2-17-18-15(10-12-6-4-3-5-7-12)14-9-8-13(19)11-16(14)20;2*1-7-4-3-5-8(6-7)9-2/h6-12,19,21-22H,3-5,13-14H2,1-2H3;2-9,19-20H,1H3,(H,17,18);3-9,11,17,19-20H,2,10H2,1H3;2*3-6H,1-2H3/b16-11-,18-12+,20-17+;;18-15+;;. The first-order chi connectivity index (χ1) is 38.7. The van der Waals surface area contributed by atoms with Gasteiger partial charge in [-0.2, -0.15) is 15.3 Å². The van der Waals surface area contributed by atoms with Gasteiger partial charge in [-0.3, -0.25) is 5.10 Å². The minimum atomic E-state index is -0.199. The van der Waals surface area contributed by atoms with Crippen LogP contribution in [0.5, 0.6) is 34.5 Å². The zero-order chi connectivity index (χ0) is 58.1. The number of rotatable bonds is 18. The van der Waals surface area contributed by atoms with Gasteiger partial charge in [-0.05, 0) is 123 Å². The average molecular weight is 1080 g/mol. The van der Waals surface area contributed by atoms with Crippen molar-refractivity contribution in [3.05, 3.63) is 233 Å². The SMILES string of the molecule is CCC/C=C(C(\O)=C/CO)/C(Cc1ccccc1)=N/NCC.CCN/N=C(\Cc1ccccc1)c1ccc(O)cc1O.COc1cccc(C)c1.COc1cccc(C)c1.Cc1[nH]nc(-c2ccc(O)cc2O)c1-c1ccccc1. The van der Waals surface area contributed by atoms with Gasteiger partial charge in [0.25, 0.3) is 0 Å². The third kappa shape index (κ3) is 21.6. The van der Waals surface area contributed by atoms with Crippen LogP contribution in [0.2, 0.25) is 0 Å². The summed E-state index contributed by atoms with van der Waals surface area (Å²) in [5, 5.41) is 74.0. The number of H-pyrrole nitrogens is 1. The molecule has 0 aliphatic rings. The summed E-state index contributed by atoms with van der Waals surface area (Å²) in [5.41, 5.74) is 17.6. The number of nitrogens with zero attached hydrogens (tertiary/aromatic N) is 3. The molecule has 7 aromatic carbocycles. The molecular formula is C66H78N6O8. The van der Waals surface area contributed by atoms with Crippen LogP contribution >= 0.6 is 0 Å². The van der Waals surface area contributed by atoms with E-state index in [0.29, 0.717) is 48.3 Å². The molecule has 1 aromatic heterocycles. The summed E-state index contributed by atoms with van der Waals surface area (Å²) >= 11 is 0. The van der Waals surface area contributed by atoms with Crippen molar-refractivity contribution >= 4 is 11.4 Å². The van der Waals surface area contributed by atoms with E-state index in [-0.39, 0.29) is 35.4 Å². The Morgan fingerprint density at radius 2 is 1.11 bits per heavy atom. The highest BCUT2D eigenvalue weighted by molar-refractivity contribution is 6.05. The number of phenols is 4. The number of methoxy groups -OCH3 is 2. The number of aromatic amines is 1. The van der Waals surface area contributed by atoms with Crippen LogP contribution < -0.4 is 20.3 Å². The summed E-state index contributed by atoms with van der Waals surface area (Å²) in [6.45, 7) is 13.3. The Morgan fingerprint density at radius 1 is 0.588 bits per heavy atom. The number of allylic oxidation sites excluding steroid dienone is 2. The van der Waals surface area contributed by atoms with Crippen LogP contribution in [0, 0.1) is 20.8 Å². The second kappa shape index (κ2) is 35.2. The van der Waals surface area contributed by atoms with Crippen LogP contribution in [0.4, 0.5) is 0 Å². The summed E-state index contributed by atoms with van der Waals surface area (Å²) < 4.78 is 9.99. The molecule has 0 aliphatic carbocycles. The summed E-state index contributed by atoms with van der Waals surface area (Å²) in [5.74, 6) is 2.02. The van der Waals surface area contributed by atoms with E-state index in [2.05, 4.69) is 38.2 Å². The topological polar surface area (TPSA) is 217 Å². The van der Waals surface area contributed by atoms with Crippen molar-refractivity contribution in [1.82, 2.24) is 21.0 Å². The normalized spacial score (nSPS) is 11.2. The Morgan fingerprint density at radius 3 is 1.60 bits per heavy atom. The number of unbranched alkanes of at least 4 members (excludes halogenated alkanes) is 1. The molecule has 14 nitrogen and oxygen atoms in total. The lowest BCUT2D eigenvalue weighted by Crippen LogP contribution is -2.16. The Balaban J connectivity index is 0.000000224. The molecule has 420 valence electrons. The van der Waals surface area contributed by atoms with Crippen molar-refractivity contribution in [2.24, 2.45) is 10.2 Å². The zero-order valence-corrected chi connectivity index (χ0v) is 47.2. The van der Waals surface area contributed by atoms with Gasteiger partial charge in [0.15, 0.2) is 0 Å². The molecule has 0 saturated carbocycles. The van der Waals surface area contributed by atoms with Crippen LogP contribution in [0.15, 0.2) is 210 Å². The molecule has 8 rings (SSSR count). The smallest absolute Gasteiger partial charge is 0.128 e. The van der Waals surface area contributed by atoms with Crippen LogP contribution in [-0.4, -0.2) is 86.2 Å². The second-order valence-electron chi connectivity index (χ2n) is 18.0. The van der Waals surface area contributed by atoms with Crippen molar-refractivity contribution in [2.75, 3.05) is 33.9 Å². The Labute approximate surface area is 471 Å². The zero-order valence-electron chi connectivity index (χ0n) is 47.2. The molecule has 0 bridgehead atoms. The van der Waals surface area contributed by atoms with Gasteiger partial charge in [-0.25, -0.2) is 0 Å². The maximum absolute atomic E-state index is 10.2. The molecule has 0 aliphatic heterocycles. The van der Waals surface area contributed by atoms with Crippen LogP contribution in [0.3, 0.4) is 0 Å². The van der Waals surface area contributed by atoms with Gasteiger partial charge in [0.05, 0.1) is 32.2 Å². The third-order valence-corrected chi connectivity index (χ3v) is 11.7. The predicted molar refractivity (Wildman–Crippen MR) is 325 cm³/mol. The summed E-state index contributed by atoms with van der Waals surface area (Å²) in [6, 6.07) is 54.8. The van der Waals surface area contributed by atoms with Crippen LogP contribution in [0.25, 0.3) is 22.4 Å². The van der Waals surface area contributed by atoms with Crippen molar-refractivity contribution in [2.45, 2.75) is 67.2 Å². The van der Waals surface area contributed by atoms with Gasteiger partial charge < -0.3 is 51.0 Å². The molecule has 0 radical (unpaired) electrons. The highest BCUT2D eigenvalue weighted by Gasteiger charge is 2.18. The fourth-order valence-electron chi connectivity index (χ4n) is 7.72. The molecule has 14 heteroatoms. The fraction of sp³-hybridized carbons (Fsp3) is 0.227. The Hall–Kier alpha value is -9.27. The van der Waals surface area contributed by atoms with Gasteiger partial charge in [0.1, 0.15) is 46.0 Å². The molecule has 0 spiro atoms. The fourth-order valence-corrected chi connectivity index (χ4v) is 7.72. The number of phenolic OH excluding ortho intramolecular Hbond substituents is 4. The average Bonchev–Trinajstić information content (AvgIpc) is 3.86. The molecule has 80 heavy (non-hydrogen) atoms. The lowest BCUT2D eigenvalue weighted by Gasteiger charge is -2.12.